The van der Waals surface area contributed by atoms with E-state index in [2.05, 4.69) is 27.7 Å². The van der Waals surface area contributed by atoms with E-state index in [1.807, 2.05) is 0 Å². The van der Waals surface area contributed by atoms with Gasteiger partial charge in [-0.05, 0) is 38.5 Å². The summed E-state index contributed by atoms with van der Waals surface area (Å²) in [6, 6.07) is 0. The Labute approximate surface area is 148 Å². The van der Waals surface area contributed by atoms with Crippen LogP contribution < -0.4 is 0 Å². The molecule has 0 unspecified atom stereocenters. The predicted octanol–water partition coefficient (Wildman–Crippen LogP) is 5.35. The summed E-state index contributed by atoms with van der Waals surface area (Å²) in [5.41, 5.74) is 1.06. The van der Waals surface area contributed by atoms with E-state index >= 15 is 0 Å². The minimum absolute atomic E-state index is 0.338. The molecule has 4 nitrogen and oxygen atoms in total. The monoisotopic (exact) mass is 340 g/mol. The molecule has 0 heterocycles. The summed E-state index contributed by atoms with van der Waals surface area (Å²) in [6.07, 6.45) is 8.50. The van der Waals surface area contributed by atoms with Crippen LogP contribution in [-0.4, -0.2) is 25.2 Å². The van der Waals surface area contributed by atoms with Crippen LogP contribution in [0.2, 0.25) is 0 Å². The molecule has 0 saturated carbocycles. The van der Waals surface area contributed by atoms with Crippen LogP contribution >= 0.6 is 0 Å². The first-order valence-electron chi connectivity index (χ1n) is 9.68. The van der Waals surface area contributed by atoms with E-state index in [4.69, 9.17) is 9.47 Å². The summed E-state index contributed by atoms with van der Waals surface area (Å²) in [4.78, 5) is 25.0. The van der Waals surface area contributed by atoms with E-state index in [1.165, 1.54) is 0 Å². The molecule has 0 aromatic heterocycles. The molecule has 0 aromatic rings. The lowest BCUT2D eigenvalue weighted by molar-refractivity contribution is -0.142. The summed E-state index contributed by atoms with van der Waals surface area (Å²) >= 11 is 0. The smallest absolute Gasteiger partial charge is 0.334 e. The van der Waals surface area contributed by atoms with Crippen molar-refractivity contribution in [3.8, 4) is 0 Å². The van der Waals surface area contributed by atoms with Crippen molar-refractivity contribution in [2.24, 2.45) is 0 Å². The third-order valence-electron chi connectivity index (χ3n) is 3.88. The van der Waals surface area contributed by atoms with Crippen molar-refractivity contribution in [1.82, 2.24) is 0 Å². The largest absolute Gasteiger partial charge is 0.462 e. The highest BCUT2D eigenvalue weighted by Gasteiger charge is 2.22. The minimum Gasteiger partial charge on any atom is -0.462 e. The van der Waals surface area contributed by atoms with Crippen molar-refractivity contribution in [2.75, 3.05) is 13.2 Å². The standard InChI is InChI=1S/C20H36O4/c1-5-9-13-17(19(21)23-15-11-7-3)18(14-10-6-2)20(22)24-16-12-8-4/h5-16H2,1-4H3. The molecule has 0 atom stereocenters. The second-order valence-corrected chi connectivity index (χ2v) is 6.14. The van der Waals surface area contributed by atoms with Gasteiger partial charge in [0.1, 0.15) is 0 Å². The number of carbonyl (C=O) groups is 2. The number of hydrogen-bond donors (Lipinski definition) is 0. The molecule has 0 radical (unpaired) electrons. The first-order valence-corrected chi connectivity index (χ1v) is 9.68. The first kappa shape index (κ1) is 22.7. The molecule has 0 bridgehead atoms. The molecule has 0 fully saturated rings. The van der Waals surface area contributed by atoms with Crippen molar-refractivity contribution in [1.29, 1.82) is 0 Å². The van der Waals surface area contributed by atoms with E-state index in [0.717, 1.165) is 51.4 Å². The summed E-state index contributed by atoms with van der Waals surface area (Å²) in [5, 5.41) is 0. The van der Waals surface area contributed by atoms with Gasteiger partial charge < -0.3 is 9.47 Å². The van der Waals surface area contributed by atoms with Crippen LogP contribution in [0.5, 0.6) is 0 Å². The molecule has 0 aliphatic carbocycles. The van der Waals surface area contributed by atoms with Crippen molar-refractivity contribution in [3.05, 3.63) is 11.1 Å². The lowest BCUT2D eigenvalue weighted by Gasteiger charge is -2.14. The molecular weight excluding hydrogens is 304 g/mol. The van der Waals surface area contributed by atoms with Crippen LogP contribution in [0, 0.1) is 0 Å². The highest BCUT2D eigenvalue weighted by molar-refractivity contribution is 6.00. The summed E-state index contributed by atoms with van der Waals surface area (Å²) in [5.74, 6) is -0.675. The third-order valence-corrected chi connectivity index (χ3v) is 3.88. The molecular formula is C20H36O4. The number of hydrogen-bond acceptors (Lipinski definition) is 4. The average Bonchev–Trinajstić information content (AvgIpc) is 2.58. The normalized spacial score (nSPS) is 11.8. The van der Waals surface area contributed by atoms with Gasteiger partial charge in [0.05, 0.1) is 13.2 Å². The van der Waals surface area contributed by atoms with Crippen molar-refractivity contribution in [2.45, 2.75) is 91.9 Å². The molecule has 0 aromatic carbocycles. The molecule has 4 heteroatoms. The highest BCUT2D eigenvalue weighted by Crippen LogP contribution is 2.21. The molecule has 0 saturated heterocycles. The van der Waals surface area contributed by atoms with E-state index in [1.54, 1.807) is 0 Å². The minimum atomic E-state index is -0.338. The van der Waals surface area contributed by atoms with Crippen LogP contribution in [0.4, 0.5) is 0 Å². The van der Waals surface area contributed by atoms with Gasteiger partial charge >= 0.3 is 11.9 Å². The van der Waals surface area contributed by atoms with E-state index < -0.39 is 0 Å². The predicted molar refractivity (Wildman–Crippen MR) is 97.8 cm³/mol. The van der Waals surface area contributed by atoms with Gasteiger partial charge in [-0.3, -0.25) is 0 Å². The van der Waals surface area contributed by atoms with Crippen LogP contribution in [0.3, 0.4) is 0 Å². The van der Waals surface area contributed by atoms with E-state index in [0.29, 0.717) is 37.2 Å². The molecule has 140 valence electrons. The Bertz CT molecular complexity index is 349. The fourth-order valence-corrected chi connectivity index (χ4v) is 2.25. The van der Waals surface area contributed by atoms with Gasteiger partial charge in [-0.15, -0.1) is 0 Å². The molecule has 0 rings (SSSR count). The highest BCUT2D eigenvalue weighted by atomic mass is 16.5. The Morgan fingerprint density at radius 1 is 0.583 bits per heavy atom. The number of esters is 2. The third kappa shape index (κ3) is 9.74. The summed E-state index contributed by atoms with van der Waals surface area (Å²) < 4.78 is 10.7. The van der Waals surface area contributed by atoms with Gasteiger partial charge in [-0.1, -0.05) is 53.4 Å². The zero-order valence-electron chi connectivity index (χ0n) is 16.1. The second kappa shape index (κ2) is 15.2. The Morgan fingerprint density at radius 3 is 1.21 bits per heavy atom. The van der Waals surface area contributed by atoms with Gasteiger partial charge in [0, 0.05) is 11.1 Å². The fourth-order valence-electron chi connectivity index (χ4n) is 2.25. The van der Waals surface area contributed by atoms with Gasteiger partial charge in [-0.25, -0.2) is 9.59 Å². The summed E-state index contributed by atoms with van der Waals surface area (Å²) in [6.45, 7) is 9.09. The maximum Gasteiger partial charge on any atom is 0.334 e. The van der Waals surface area contributed by atoms with Gasteiger partial charge in [0.25, 0.3) is 0 Å². The number of unbranched alkanes of at least 4 members (excludes halogenated alkanes) is 4. The van der Waals surface area contributed by atoms with E-state index in [-0.39, 0.29) is 11.9 Å². The lowest BCUT2D eigenvalue weighted by atomic mass is 9.98. The zero-order valence-corrected chi connectivity index (χ0v) is 16.1. The quantitative estimate of drug-likeness (QED) is 0.243. The van der Waals surface area contributed by atoms with Crippen molar-refractivity contribution >= 4 is 11.9 Å². The molecule has 24 heavy (non-hydrogen) atoms. The fraction of sp³-hybridized carbons (Fsp3) is 0.800. The van der Waals surface area contributed by atoms with Crippen molar-refractivity contribution in [3.63, 3.8) is 0 Å². The first-order chi connectivity index (χ1) is 11.6. The molecule has 0 amide bonds. The number of rotatable bonds is 14. The van der Waals surface area contributed by atoms with Gasteiger partial charge in [0.15, 0.2) is 0 Å². The van der Waals surface area contributed by atoms with Crippen LogP contribution in [0.25, 0.3) is 0 Å². The average molecular weight is 341 g/mol. The maximum absolute atomic E-state index is 12.5. The second-order valence-electron chi connectivity index (χ2n) is 6.14. The molecule has 0 N–H and O–H groups in total. The SMILES string of the molecule is CCCCOC(=O)C(CCCC)=C(CCCC)C(=O)OCCCC. The topological polar surface area (TPSA) is 52.6 Å². The molecule has 0 spiro atoms. The Kier molecular flexibility index (Phi) is 14.4. The summed E-state index contributed by atoms with van der Waals surface area (Å²) in [7, 11) is 0. The Balaban J connectivity index is 5.25. The van der Waals surface area contributed by atoms with Crippen molar-refractivity contribution < 1.29 is 19.1 Å². The molecule has 0 aliphatic heterocycles. The Hall–Kier alpha value is -1.32. The number of ether oxygens (including phenoxy) is 2. The van der Waals surface area contributed by atoms with Gasteiger partial charge in [0.2, 0.25) is 0 Å². The lowest BCUT2D eigenvalue weighted by Crippen LogP contribution is -2.18. The van der Waals surface area contributed by atoms with E-state index in [9.17, 15) is 9.59 Å². The van der Waals surface area contributed by atoms with Crippen LogP contribution in [-0.2, 0) is 19.1 Å². The molecule has 0 aliphatic rings. The van der Waals surface area contributed by atoms with Crippen LogP contribution in [0.1, 0.15) is 91.9 Å². The van der Waals surface area contributed by atoms with Gasteiger partial charge in [-0.2, -0.15) is 0 Å². The zero-order chi connectivity index (χ0) is 18.2. The number of carbonyl (C=O) groups excluding carboxylic acids is 2. The van der Waals surface area contributed by atoms with Crippen LogP contribution in [0.15, 0.2) is 11.1 Å². The Morgan fingerprint density at radius 2 is 0.917 bits per heavy atom. The maximum atomic E-state index is 12.5.